The molecule has 114 valence electrons. The van der Waals surface area contributed by atoms with Gasteiger partial charge in [0.1, 0.15) is 0 Å². The van der Waals surface area contributed by atoms with Gasteiger partial charge in [-0.05, 0) is 29.8 Å². The largest absolute Gasteiger partial charge is 0.326 e. The molecule has 2 rings (SSSR count). The number of anilines is 2. The lowest BCUT2D eigenvalue weighted by atomic mass is 10.2. The third-order valence-electron chi connectivity index (χ3n) is 2.87. The highest BCUT2D eigenvalue weighted by molar-refractivity contribution is 9.10. The average Bonchev–Trinajstić information content (AvgIpc) is 2.48. The van der Waals surface area contributed by atoms with Crippen LogP contribution >= 0.6 is 15.9 Å². The number of rotatable bonds is 4. The fourth-order valence-corrected chi connectivity index (χ4v) is 2.29. The van der Waals surface area contributed by atoms with Gasteiger partial charge in [-0.15, -0.1) is 0 Å². The van der Waals surface area contributed by atoms with Crippen LogP contribution in [0.15, 0.2) is 46.9 Å². The molecule has 2 aromatic carbocycles. The first-order valence-electron chi connectivity index (χ1n) is 6.30. The van der Waals surface area contributed by atoms with E-state index in [2.05, 4.69) is 26.6 Å². The van der Waals surface area contributed by atoms with Crippen LogP contribution in [0.1, 0.15) is 5.56 Å². The third-order valence-corrected chi connectivity index (χ3v) is 3.61. The number of halogens is 1. The molecule has 0 unspecified atom stereocenters. The van der Waals surface area contributed by atoms with Crippen molar-refractivity contribution in [2.75, 3.05) is 10.6 Å². The minimum absolute atomic E-state index is 0.0349. The number of nitrogens with zero attached hydrogens (tertiary/aromatic N) is 1. The molecule has 7 nitrogen and oxygen atoms in total. The maximum atomic E-state index is 11.9. The molecule has 2 amide bonds. The van der Waals surface area contributed by atoms with Crippen LogP contribution in [0, 0.1) is 10.1 Å². The Bertz CT molecular complexity index is 704. The Kier molecular flexibility index (Phi) is 5.08. The number of carbonyl (C=O) groups excluding carboxylic acids is 1. The quantitative estimate of drug-likeness (QED) is 0.569. The Morgan fingerprint density at radius 3 is 2.27 bits per heavy atom. The van der Waals surface area contributed by atoms with Gasteiger partial charge in [0.15, 0.2) is 0 Å². The summed E-state index contributed by atoms with van der Waals surface area (Å²) < 4.78 is 0.808. The minimum Gasteiger partial charge on any atom is -0.326 e. The summed E-state index contributed by atoms with van der Waals surface area (Å²) in [5, 5.41) is 15.8. The molecule has 0 saturated carbocycles. The number of hydrogen-bond acceptors (Lipinski definition) is 4. The number of nitrogens with two attached hydrogens (primary N) is 1. The number of nitrogens with one attached hydrogen (secondary N) is 2. The van der Waals surface area contributed by atoms with Crippen molar-refractivity contribution in [3.8, 4) is 0 Å². The van der Waals surface area contributed by atoms with E-state index in [0.29, 0.717) is 17.9 Å². The lowest BCUT2D eigenvalue weighted by molar-refractivity contribution is -0.384. The molecule has 8 heteroatoms. The fraction of sp³-hybridized carbons (Fsp3) is 0.0714. The molecule has 0 aliphatic heterocycles. The Hall–Kier alpha value is -2.45. The van der Waals surface area contributed by atoms with Crippen LogP contribution in [0.5, 0.6) is 0 Å². The van der Waals surface area contributed by atoms with Crippen LogP contribution in [0.2, 0.25) is 0 Å². The molecular weight excluding hydrogens is 352 g/mol. The summed E-state index contributed by atoms with van der Waals surface area (Å²) in [6.07, 6.45) is 0. The van der Waals surface area contributed by atoms with Gasteiger partial charge in [-0.2, -0.15) is 0 Å². The molecule has 0 aliphatic carbocycles. The van der Waals surface area contributed by atoms with E-state index in [1.807, 2.05) is 6.07 Å². The summed E-state index contributed by atoms with van der Waals surface area (Å²) in [6, 6.07) is 10.4. The predicted octanol–water partition coefficient (Wildman–Crippen LogP) is 3.46. The maximum Gasteiger partial charge on any atom is 0.323 e. The number of urea groups is 1. The molecule has 22 heavy (non-hydrogen) atoms. The predicted molar refractivity (Wildman–Crippen MR) is 87.8 cm³/mol. The number of carbonyl (C=O) groups is 1. The standard InChI is InChI=1S/C14H13BrN4O3/c15-13-7-11(2-1-9(13)8-16)18-14(20)17-10-3-5-12(6-4-10)19(21)22/h1-7H,8,16H2,(H2,17,18,20). The van der Waals surface area contributed by atoms with Crippen LogP contribution in [-0.4, -0.2) is 11.0 Å². The first-order valence-corrected chi connectivity index (χ1v) is 7.10. The molecule has 0 radical (unpaired) electrons. The summed E-state index contributed by atoms with van der Waals surface area (Å²) in [5.41, 5.74) is 7.52. The molecule has 0 aromatic heterocycles. The summed E-state index contributed by atoms with van der Waals surface area (Å²) in [7, 11) is 0. The monoisotopic (exact) mass is 364 g/mol. The Morgan fingerprint density at radius 1 is 1.14 bits per heavy atom. The smallest absolute Gasteiger partial charge is 0.323 e. The van der Waals surface area contributed by atoms with Gasteiger partial charge in [0, 0.05) is 34.5 Å². The van der Waals surface area contributed by atoms with Crippen molar-refractivity contribution >= 4 is 39.0 Å². The van der Waals surface area contributed by atoms with E-state index in [1.165, 1.54) is 24.3 Å². The van der Waals surface area contributed by atoms with Gasteiger partial charge in [-0.25, -0.2) is 4.79 Å². The zero-order chi connectivity index (χ0) is 16.1. The second-order valence-electron chi connectivity index (χ2n) is 4.39. The van der Waals surface area contributed by atoms with Gasteiger partial charge in [0.05, 0.1) is 4.92 Å². The Labute approximate surface area is 134 Å². The van der Waals surface area contributed by atoms with Crippen molar-refractivity contribution in [2.45, 2.75) is 6.54 Å². The Morgan fingerprint density at radius 2 is 1.73 bits per heavy atom. The van der Waals surface area contributed by atoms with Gasteiger partial charge in [-0.3, -0.25) is 10.1 Å². The normalized spacial score (nSPS) is 10.1. The molecule has 0 saturated heterocycles. The van der Waals surface area contributed by atoms with Crippen LogP contribution in [-0.2, 0) is 6.54 Å². The van der Waals surface area contributed by atoms with Crippen molar-refractivity contribution in [1.29, 1.82) is 0 Å². The van der Waals surface area contributed by atoms with E-state index < -0.39 is 11.0 Å². The molecule has 4 N–H and O–H groups in total. The molecule has 0 bridgehead atoms. The van der Waals surface area contributed by atoms with Gasteiger partial charge >= 0.3 is 6.03 Å². The van der Waals surface area contributed by atoms with Crippen molar-refractivity contribution < 1.29 is 9.72 Å². The van der Waals surface area contributed by atoms with Crippen LogP contribution < -0.4 is 16.4 Å². The number of hydrogen-bond donors (Lipinski definition) is 3. The van der Waals surface area contributed by atoms with Crippen molar-refractivity contribution in [3.63, 3.8) is 0 Å². The van der Waals surface area contributed by atoms with Crippen LogP contribution in [0.3, 0.4) is 0 Å². The Balaban J connectivity index is 2.00. The molecule has 0 aliphatic rings. The second kappa shape index (κ2) is 7.01. The molecule has 2 aromatic rings. The number of amides is 2. The highest BCUT2D eigenvalue weighted by atomic mass is 79.9. The highest BCUT2D eigenvalue weighted by Crippen LogP contribution is 2.21. The molecule has 0 spiro atoms. The molecular formula is C14H13BrN4O3. The van der Waals surface area contributed by atoms with Gasteiger partial charge in [-0.1, -0.05) is 22.0 Å². The van der Waals surface area contributed by atoms with Gasteiger partial charge < -0.3 is 16.4 Å². The van der Waals surface area contributed by atoms with Gasteiger partial charge in [0.25, 0.3) is 5.69 Å². The SMILES string of the molecule is NCc1ccc(NC(=O)Nc2ccc([N+](=O)[O-])cc2)cc1Br. The zero-order valence-corrected chi connectivity index (χ0v) is 13.0. The lowest BCUT2D eigenvalue weighted by Crippen LogP contribution is -2.19. The van der Waals surface area contributed by atoms with E-state index in [9.17, 15) is 14.9 Å². The fourth-order valence-electron chi connectivity index (χ4n) is 1.75. The van der Waals surface area contributed by atoms with Crippen molar-refractivity contribution in [1.82, 2.24) is 0 Å². The van der Waals surface area contributed by atoms with Gasteiger partial charge in [0.2, 0.25) is 0 Å². The van der Waals surface area contributed by atoms with Crippen LogP contribution in [0.25, 0.3) is 0 Å². The first kappa shape index (κ1) is 15.9. The summed E-state index contributed by atoms with van der Waals surface area (Å²) in [5.74, 6) is 0. The van der Waals surface area contributed by atoms with Crippen LogP contribution in [0.4, 0.5) is 21.9 Å². The number of non-ortho nitro benzene ring substituents is 1. The highest BCUT2D eigenvalue weighted by Gasteiger charge is 2.07. The topological polar surface area (TPSA) is 110 Å². The second-order valence-corrected chi connectivity index (χ2v) is 5.25. The van der Waals surface area contributed by atoms with E-state index in [4.69, 9.17) is 5.73 Å². The number of nitro benzene ring substituents is 1. The molecule has 0 heterocycles. The maximum absolute atomic E-state index is 11.9. The van der Waals surface area contributed by atoms with E-state index in [0.717, 1.165) is 10.0 Å². The zero-order valence-electron chi connectivity index (χ0n) is 11.4. The number of nitro groups is 1. The number of benzene rings is 2. The first-order chi connectivity index (χ1) is 10.5. The average molecular weight is 365 g/mol. The third kappa shape index (κ3) is 4.03. The summed E-state index contributed by atoms with van der Waals surface area (Å²) in [6.45, 7) is 0.399. The van der Waals surface area contributed by atoms with Crippen molar-refractivity contribution in [3.05, 3.63) is 62.6 Å². The molecule has 0 fully saturated rings. The summed E-state index contributed by atoms with van der Waals surface area (Å²) >= 11 is 3.37. The minimum atomic E-state index is -0.500. The molecule has 0 atom stereocenters. The summed E-state index contributed by atoms with van der Waals surface area (Å²) in [4.78, 5) is 21.9. The van der Waals surface area contributed by atoms with E-state index >= 15 is 0 Å². The van der Waals surface area contributed by atoms with E-state index in [-0.39, 0.29) is 5.69 Å². The lowest BCUT2D eigenvalue weighted by Gasteiger charge is -2.09. The van der Waals surface area contributed by atoms with Crippen molar-refractivity contribution in [2.24, 2.45) is 5.73 Å². The van der Waals surface area contributed by atoms with E-state index in [1.54, 1.807) is 12.1 Å².